The third-order valence-corrected chi connectivity index (χ3v) is 5.98. The van der Waals surface area contributed by atoms with E-state index in [2.05, 4.69) is 26.2 Å². The van der Waals surface area contributed by atoms with Gasteiger partial charge >= 0.3 is 0 Å². The summed E-state index contributed by atoms with van der Waals surface area (Å²) in [5.74, 6) is 0.168. The van der Waals surface area contributed by atoms with Crippen molar-refractivity contribution in [3.05, 3.63) is 45.2 Å². The minimum Gasteiger partial charge on any atom is -0.423 e. The van der Waals surface area contributed by atoms with E-state index in [0.717, 1.165) is 10.0 Å². The Kier molecular flexibility index (Phi) is 2.83. The van der Waals surface area contributed by atoms with Crippen molar-refractivity contribution in [3.63, 3.8) is 0 Å². The van der Waals surface area contributed by atoms with Crippen LogP contribution in [0.15, 0.2) is 38.4 Å². The predicted octanol–water partition coefficient (Wildman–Crippen LogP) is 3.06. The number of nitrogens with two attached hydrogens (primary N) is 1. The van der Waals surface area contributed by atoms with Crippen LogP contribution in [0.25, 0.3) is 11.3 Å². The maximum absolute atomic E-state index is 13.3. The number of rotatable bonds is 0. The fourth-order valence-corrected chi connectivity index (χ4v) is 4.98. The van der Waals surface area contributed by atoms with Crippen molar-refractivity contribution < 1.29 is 14.0 Å². The van der Waals surface area contributed by atoms with Gasteiger partial charge < -0.3 is 15.5 Å². The van der Waals surface area contributed by atoms with E-state index in [-0.39, 0.29) is 23.1 Å². The number of nitrogen functional groups attached to an aromatic ring is 1. The lowest BCUT2D eigenvalue weighted by Crippen LogP contribution is -2.40. The Morgan fingerprint density at radius 1 is 1.27 bits per heavy atom. The number of allylic oxidation sites excluding steroid dienone is 1. The largest absolute Gasteiger partial charge is 0.423 e. The second kappa shape index (κ2) is 4.65. The Morgan fingerprint density at radius 3 is 2.81 bits per heavy atom. The van der Waals surface area contributed by atoms with Crippen LogP contribution in [-0.2, 0) is 15.0 Å². The van der Waals surface area contributed by atoms with E-state index >= 15 is 0 Å². The zero-order valence-electron chi connectivity index (χ0n) is 14.3. The van der Waals surface area contributed by atoms with Crippen molar-refractivity contribution in [2.75, 3.05) is 5.73 Å². The first-order valence-electron chi connectivity index (χ1n) is 8.39. The summed E-state index contributed by atoms with van der Waals surface area (Å²) in [6, 6.07) is 5.59. The van der Waals surface area contributed by atoms with Crippen molar-refractivity contribution in [3.8, 4) is 11.3 Å². The Morgan fingerprint density at radius 2 is 2.04 bits per heavy atom. The van der Waals surface area contributed by atoms with Crippen molar-refractivity contribution in [1.82, 2.24) is 10.3 Å². The summed E-state index contributed by atoms with van der Waals surface area (Å²) in [5.41, 5.74) is 7.38. The maximum atomic E-state index is 13.3. The van der Waals surface area contributed by atoms with E-state index in [1.807, 2.05) is 32.0 Å². The minimum absolute atomic E-state index is 0.00613. The van der Waals surface area contributed by atoms with Gasteiger partial charge in [0.25, 0.3) is 6.01 Å². The molecule has 7 heteroatoms. The third-order valence-electron chi connectivity index (χ3n) is 5.48. The van der Waals surface area contributed by atoms with Crippen LogP contribution in [-0.4, -0.2) is 16.7 Å². The summed E-state index contributed by atoms with van der Waals surface area (Å²) in [4.78, 5) is 30.8. The number of hydrogen-bond acceptors (Lipinski definition) is 5. The maximum Gasteiger partial charge on any atom is 0.292 e. The molecule has 0 radical (unpaired) electrons. The second-order valence-electron chi connectivity index (χ2n) is 7.92. The monoisotopic (exact) mass is 413 g/mol. The second-order valence-corrected chi connectivity index (χ2v) is 8.83. The van der Waals surface area contributed by atoms with Crippen LogP contribution < -0.4 is 11.1 Å². The first-order chi connectivity index (χ1) is 12.2. The van der Waals surface area contributed by atoms with Crippen LogP contribution in [0.3, 0.4) is 0 Å². The van der Waals surface area contributed by atoms with Crippen LogP contribution in [0.1, 0.15) is 37.9 Å². The molecule has 3 N–H and O–H groups in total. The molecule has 6 nitrogen and oxygen atoms in total. The van der Waals surface area contributed by atoms with Crippen LogP contribution in [0, 0.1) is 5.41 Å². The smallest absolute Gasteiger partial charge is 0.292 e. The summed E-state index contributed by atoms with van der Waals surface area (Å²) >= 11 is 3.48. The van der Waals surface area contributed by atoms with Crippen LogP contribution >= 0.6 is 15.9 Å². The normalized spacial score (nSPS) is 25.3. The highest BCUT2D eigenvalue weighted by atomic mass is 79.9. The topological polar surface area (TPSA) is 98.2 Å². The number of Topliss-reactive ketones (excluding diaryl/α,β-unsaturated/α-hetero) is 1. The number of amides is 1. The van der Waals surface area contributed by atoms with E-state index in [1.165, 1.54) is 0 Å². The molecule has 26 heavy (non-hydrogen) atoms. The van der Waals surface area contributed by atoms with Gasteiger partial charge in [-0.3, -0.25) is 9.59 Å². The molecule has 0 fully saturated rings. The Hall–Kier alpha value is -2.41. The summed E-state index contributed by atoms with van der Waals surface area (Å²) in [5, 5.41) is 2.97. The van der Waals surface area contributed by atoms with Crippen LogP contribution in [0.2, 0.25) is 0 Å². The highest BCUT2D eigenvalue weighted by Crippen LogP contribution is 2.58. The molecule has 1 aliphatic heterocycles. The van der Waals surface area contributed by atoms with Gasteiger partial charge in [0, 0.05) is 27.7 Å². The van der Waals surface area contributed by atoms with Gasteiger partial charge in [-0.15, -0.1) is 0 Å². The van der Waals surface area contributed by atoms with Gasteiger partial charge in [-0.1, -0.05) is 29.8 Å². The number of ketones is 1. The number of benzene rings is 1. The van der Waals surface area contributed by atoms with Gasteiger partial charge in [0.2, 0.25) is 5.91 Å². The zero-order valence-corrected chi connectivity index (χ0v) is 15.9. The van der Waals surface area contributed by atoms with Crippen LogP contribution in [0.5, 0.6) is 0 Å². The van der Waals surface area contributed by atoms with E-state index in [0.29, 0.717) is 41.1 Å². The number of anilines is 1. The molecule has 1 amide bonds. The quantitative estimate of drug-likeness (QED) is 0.691. The number of nitrogens with one attached hydrogen (secondary N) is 1. The van der Waals surface area contributed by atoms with Gasteiger partial charge in [0.1, 0.15) is 5.69 Å². The summed E-state index contributed by atoms with van der Waals surface area (Å²) < 4.78 is 6.44. The Balaban J connectivity index is 1.89. The van der Waals surface area contributed by atoms with Crippen LogP contribution in [0.4, 0.5) is 6.01 Å². The molecule has 2 aromatic rings. The summed E-state index contributed by atoms with van der Waals surface area (Å²) in [6.45, 7) is 4.06. The van der Waals surface area contributed by atoms with Crippen molar-refractivity contribution >= 4 is 33.6 Å². The van der Waals surface area contributed by atoms with Crippen molar-refractivity contribution in [2.45, 2.75) is 32.1 Å². The Bertz CT molecular complexity index is 1070. The molecule has 132 valence electrons. The lowest BCUT2D eigenvalue weighted by molar-refractivity contribution is -0.124. The SMILES string of the molecule is CC1(C)CC(=O)C2=C(C1)NC(=O)[C@]21c2cc(Br)ccc2-c2oc(N)nc21. The molecule has 5 rings (SSSR count). The minimum atomic E-state index is -1.28. The predicted molar refractivity (Wildman–Crippen MR) is 98.0 cm³/mol. The zero-order chi connectivity index (χ0) is 18.4. The van der Waals surface area contributed by atoms with Gasteiger partial charge in [-0.25, -0.2) is 0 Å². The van der Waals surface area contributed by atoms with E-state index in [4.69, 9.17) is 10.2 Å². The number of hydrogen-bond donors (Lipinski definition) is 2. The average Bonchev–Trinajstić information content (AvgIpc) is 3.10. The first-order valence-corrected chi connectivity index (χ1v) is 9.19. The first kappa shape index (κ1) is 15.8. The molecular formula is C19H16BrN3O3. The fraction of sp³-hybridized carbons (Fsp3) is 0.316. The molecule has 1 aromatic carbocycles. The summed E-state index contributed by atoms with van der Waals surface area (Å²) in [6.07, 6.45) is 1.02. The molecular weight excluding hydrogens is 398 g/mol. The number of oxazole rings is 1. The number of aromatic nitrogens is 1. The van der Waals surface area contributed by atoms with Gasteiger partial charge in [-0.2, -0.15) is 4.98 Å². The lowest BCUT2D eigenvalue weighted by atomic mass is 9.67. The van der Waals surface area contributed by atoms with Crippen molar-refractivity contribution in [2.24, 2.45) is 5.41 Å². The highest BCUT2D eigenvalue weighted by Gasteiger charge is 2.62. The standard InChI is InChI=1S/C19H16BrN3O3/c1-18(2)6-11-13(12(24)7-18)19(16(25)22-11)10-5-8(20)3-4-9(10)14-15(19)23-17(21)26-14/h3-5H,6-7H2,1-2H3,(H2,21,23)(H,22,25)/t19-/m1/s1. The molecule has 1 atom stereocenters. The number of carbonyl (C=O) groups excluding carboxylic acids is 2. The molecule has 0 saturated heterocycles. The van der Waals surface area contributed by atoms with E-state index in [1.54, 1.807) is 0 Å². The fourth-order valence-electron chi connectivity index (χ4n) is 4.62. The molecule has 0 saturated carbocycles. The summed E-state index contributed by atoms with van der Waals surface area (Å²) in [7, 11) is 0. The molecule has 2 aliphatic carbocycles. The molecule has 0 bridgehead atoms. The number of carbonyl (C=O) groups is 2. The van der Waals surface area contributed by atoms with Gasteiger partial charge in [0.05, 0.1) is 0 Å². The number of halogens is 1. The number of nitrogens with zero attached hydrogens (tertiary/aromatic N) is 1. The molecule has 0 unspecified atom stereocenters. The van der Waals surface area contributed by atoms with Gasteiger partial charge in [-0.05, 0) is 35.6 Å². The average molecular weight is 414 g/mol. The third kappa shape index (κ3) is 1.74. The highest BCUT2D eigenvalue weighted by molar-refractivity contribution is 9.10. The molecule has 1 spiro atoms. The molecule has 1 aromatic heterocycles. The Labute approximate surface area is 158 Å². The molecule has 2 heterocycles. The number of fused-ring (bicyclic) bond motifs is 6. The molecule has 3 aliphatic rings. The lowest BCUT2D eigenvalue weighted by Gasteiger charge is -2.32. The van der Waals surface area contributed by atoms with E-state index < -0.39 is 5.41 Å². The van der Waals surface area contributed by atoms with Gasteiger partial charge in [0.15, 0.2) is 17.0 Å². The van der Waals surface area contributed by atoms with E-state index in [9.17, 15) is 9.59 Å². The van der Waals surface area contributed by atoms with Crippen molar-refractivity contribution in [1.29, 1.82) is 0 Å².